The zero-order valence-electron chi connectivity index (χ0n) is 30.7. The lowest BCUT2D eigenvalue weighted by atomic mass is 9.93. The first kappa shape index (κ1) is 39.1. The van der Waals surface area contributed by atoms with E-state index < -0.39 is 11.6 Å². The predicted molar refractivity (Wildman–Crippen MR) is 214 cm³/mol. The van der Waals surface area contributed by atoms with E-state index in [2.05, 4.69) is 73.4 Å². The number of carbonyl (C=O) groups excluding carboxylic acids is 1. The van der Waals surface area contributed by atoms with Gasteiger partial charge in [0.25, 0.3) is 0 Å². The summed E-state index contributed by atoms with van der Waals surface area (Å²) < 4.78 is 17.9. The molecule has 266 valence electrons. The number of anilines is 2. The third kappa shape index (κ3) is 9.34. The SMILES string of the molecule is CC.CC.CCC1CC(C)C(c2cc(-c3sc(-c4ccc(/C=C(\C#N)C(=O)OC(C)(C)C)s4)c4c3OCCO4)ccc2Nc2ccccc2)S1. The molecule has 0 bridgehead atoms. The van der Waals surface area contributed by atoms with Crippen molar-refractivity contribution in [3.8, 4) is 37.8 Å². The van der Waals surface area contributed by atoms with E-state index >= 15 is 0 Å². The Bertz CT molecular complexity index is 1800. The van der Waals surface area contributed by atoms with Gasteiger partial charge < -0.3 is 19.5 Å². The first-order valence-electron chi connectivity index (χ1n) is 17.6. The molecule has 0 radical (unpaired) electrons. The lowest BCUT2D eigenvalue weighted by Crippen LogP contribution is -2.24. The highest BCUT2D eigenvalue weighted by molar-refractivity contribution is 8.00. The summed E-state index contributed by atoms with van der Waals surface area (Å²) >= 11 is 5.25. The Morgan fingerprint density at radius 3 is 2.28 bits per heavy atom. The summed E-state index contributed by atoms with van der Waals surface area (Å²) in [6, 6.07) is 23.0. The first-order chi connectivity index (χ1) is 24.1. The minimum atomic E-state index is -0.681. The monoisotopic (exact) mass is 730 g/mol. The van der Waals surface area contributed by atoms with E-state index in [9.17, 15) is 10.1 Å². The molecule has 0 saturated carbocycles. The van der Waals surface area contributed by atoms with Gasteiger partial charge in [-0.1, -0.05) is 65.8 Å². The molecule has 1 saturated heterocycles. The number of esters is 1. The molecule has 2 aromatic carbocycles. The number of nitriles is 1. The van der Waals surface area contributed by atoms with Crippen molar-refractivity contribution in [1.82, 2.24) is 0 Å². The maximum absolute atomic E-state index is 12.6. The number of nitrogens with zero attached hydrogens (tertiary/aromatic N) is 1. The molecule has 1 N–H and O–H groups in total. The minimum absolute atomic E-state index is 0.0298. The van der Waals surface area contributed by atoms with Crippen LogP contribution in [0.3, 0.4) is 0 Å². The Hall–Kier alpha value is -3.71. The van der Waals surface area contributed by atoms with Crippen molar-refractivity contribution in [3.63, 3.8) is 0 Å². The van der Waals surface area contributed by atoms with Crippen LogP contribution in [0.1, 0.15) is 90.8 Å². The van der Waals surface area contributed by atoms with E-state index in [1.54, 1.807) is 38.2 Å². The standard InChI is InChI=1S/C37H38N2O4S3.2C2H6/c1-6-26-18-22(2)33(45-26)28-20-23(12-14-29(28)39-25-10-8-7-9-11-25)34-31-32(42-17-16-41-31)35(46-34)30-15-13-27(44-30)19-24(21-38)36(40)43-37(3,4)5;2*1-2/h7-15,19-20,22,26,33,39H,6,16-18H2,1-5H3;2*1-2H3/b24-19+;;. The molecular weight excluding hydrogens is 681 g/mol. The highest BCUT2D eigenvalue weighted by Crippen LogP contribution is 2.57. The fraction of sp³-hybridized carbons (Fsp3) is 0.415. The molecular formula is C41H50N2O4S3. The number of fused-ring (bicyclic) bond motifs is 1. The number of nitrogens with one attached hydrogen (secondary N) is 1. The number of benzene rings is 2. The van der Waals surface area contributed by atoms with E-state index in [4.69, 9.17) is 14.2 Å². The molecule has 2 aliphatic heterocycles. The molecule has 3 unspecified atom stereocenters. The predicted octanol–water partition coefficient (Wildman–Crippen LogP) is 12.6. The van der Waals surface area contributed by atoms with E-state index in [-0.39, 0.29) is 5.57 Å². The maximum atomic E-state index is 12.6. The van der Waals surface area contributed by atoms with Crippen LogP contribution in [-0.2, 0) is 9.53 Å². The summed E-state index contributed by atoms with van der Waals surface area (Å²) in [5, 5.41) is 14.4. The molecule has 2 aliphatic rings. The molecule has 2 aromatic heterocycles. The van der Waals surface area contributed by atoms with Crippen molar-refractivity contribution < 1.29 is 19.0 Å². The molecule has 0 spiro atoms. The van der Waals surface area contributed by atoms with Crippen LogP contribution in [0.2, 0.25) is 0 Å². The van der Waals surface area contributed by atoms with E-state index in [0.29, 0.717) is 29.6 Å². The zero-order chi connectivity index (χ0) is 36.4. The van der Waals surface area contributed by atoms with Gasteiger partial charge in [0.2, 0.25) is 0 Å². The number of carbonyl (C=O) groups is 1. The molecule has 3 atom stereocenters. The van der Waals surface area contributed by atoms with E-state index in [0.717, 1.165) is 47.9 Å². The minimum Gasteiger partial charge on any atom is -0.485 e. The Balaban J connectivity index is 0.00000136. The van der Waals surface area contributed by atoms with Crippen LogP contribution < -0.4 is 14.8 Å². The molecule has 50 heavy (non-hydrogen) atoms. The Kier molecular flexibility index (Phi) is 14.1. The van der Waals surface area contributed by atoms with Crippen molar-refractivity contribution in [2.24, 2.45) is 5.92 Å². The van der Waals surface area contributed by atoms with Crippen LogP contribution in [0.4, 0.5) is 11.4 Å². The smallest absolute Gasteiger partial charge is 0.349 e. The molecule has 0 aliphatic carbocycles. The van der Waals surface area contributed by atoms with Crippen LogP contribution in [0.5, 0.6) is 11.5 Å². The van der Waals surface area contributed by atoms with Gasteiger partial charge in [-0.15, -0.1) is 34.4 Å². The second-order valence-electron chi connectivity index (χ2n) is 12.6. The van der Waals surface area contributed by atoms with Crippen LogP contribution >= 0.6 is 34.4 Å². The van der Waals surface area contributed by atoms with Crippen molar-refractivity contribution in [3.05, 3.63) is 76.7 Å². The van der Waals surface area contributed by atoms with Gasteiger partial charge in [-0.05, 0) is 93.1 Å². The summed E-state index contributed by atoms with van der Waals surface area (Å²) in [6.07, 6.45) is 3.98. The molecule has 4 aromatic rings. The number of para-hydroxylation sites is 1. The molecule has 9 heteroatoms. The Morgan fingerprint density at radius 1 is 0.980 bits per heavy atom. The number of thioether (sulfide) groups is 1. The lowest BCUT2D eigenvalue weighted by Gasteiger charge is -2.22. The fourth-order valence-electron chi connectivity index (χ4n) is 5.78. The molecule has 0 amide bonds. The second-order valence-corrected chi connectivity index (χ2v) is 16.2. The summed E-state index contributed by atoms with van der Waals surface area (Å²) in [4.78, 5) is 16.4. The number of hydrogen-bond donors (Lipinski definition) is 1. The van der Waals surface area contributed by atoms with Gasteiger partial charge in [-0.25, -0.2) is 4.79 Å². The summed E-state index contributed by atoms with van der Waals surface area (Å²) in [7, 11) is 0. The van der Waals surface area contributed by atoms with Crippen LogP contribution in [0, 0.1) is 17.2 Å². The normalized spacial score (nSPS) is 18.2. The lowest BCUT2D eigenvalue weighted by molar-refractivity contribution is -0.149. The average molecular weight is 731 g/mol. The largest absolute Gasteiger partial charge is 0.485 e. The van der Waals surface area contributed by atoms with Crippen molar-refractivity contribution >= 4 is 57.9 Å². The van der Waals surface area contributed by atoms with Crippen molar-refractivity contribution in [2.75, 3.05) is 18.5 Å². The van der Waals surface area contributed by atoms with Crippen LogP contribution in [0.25, 0.3) is 26.3 Å². The summed E-state index contributed by atoms with van der Waals surface area (Å²) in [5.41, 5.74) is 3.90. The van der Waals surface area contributed by atoms with Gasteiger partial charge >= 0.3 is 5.97 Å². The van der Waals surface area contributed by atoms with Crippen LogP contribution in [-0.4, -0.2) is 30.0 Å². The van der Waals surface area contributed by atoms with Crippen LogP contribution in [0.15, 0.2) is 66.2 Å². The van der Waals surface area contributed by atoms with Gasteiger partial charge in [0.1, 0.15) is 30.5 Å². The van der Waals surface area contributed by atoms with Gasteiger partial charge in [0.05, 0.1) is 9.75 Å². The second kappa shape index (κ2) is 18.0. The number of hydrogen-bond acceptors (Lipinski definition) is 9. The molecule has 1 fully saturated rings. The zero-order valence-corrected chi connectivity index (χ0v) is 33.2. The third-order valence-electron chi connectivity index (χ3n) is 7.89. The molecule has 6 nitrogen and oxygen atoms in total. The van der Waals surface area contributed by atoms with Gasteiger partial charge in [-0.3, -0.25) is 0 Å². The van der Waals surface area contributed by atoms with Gasteiger partial charge in [0.15, 0.2) is 11.5 Å². The maximum Gasteiger partial charge on any atom is 0.349 e. The number of ether oxygens (including phenoxy) is 3. The van der Waals surface area contributed by atoms with Crippen molar-refractivity contribution in [2.45, 2.75) is 91.3 Å². The fourth-order valence-corrected chi connectivity index (χ4v) is 9.76. The Labute approximate surface area is 310 Å². The molecule has 6 rings (SSSR count). The first-order valence-corrected chi connectivity index (χ1v) is 20.2. The number of thiophene rings is 2. The average Bonchev–Trinajstić information content (AvgIpc) is 3.85. The highest BCUT2D eigenvalue weighted by atomic mass is 32.2. The quantitative estimate of drug-likeness (QED) is 0.110. The molecule has 4 heterocycles. The van der Waals surface area contributed by atoms with E-state index in [1.165, 1.54) is 29.7 Å². The summed E-state index contributed by atoms with van der Waals surface area (Å²) in [5.74, 6) is 1.46. The van der Waals surface area contributed by atoms with Gasteiger partial charge in [-0.2, -0.15) is 5.26 Å². The summed E-state index contributed by atoms with van der Waals surface area (Å²) in [6.45, 7) is 19.0. The topological polar surface area (TPSA) is 80.6 Å². The van der Waals surface area contributed by atoms with Crippen molar-refractivity contribution in [1.29, 1.82) is 5.26 Å². The van der Waals surface area contributed by atoms with E-state index in [1.807, 2.05) is 52.0 Å². The highest BCUT2D eigenvalue weighted by Gasteiger charge is 2.34. The third-order valence-corrected chi connectivity index (χ3v) is 12.2. The number of rotatable bonds is 8. The Morgan fingerprint density at radius 2 is 1.66 bits per heavy atom. The van der Waals surface area contributed by atoms with Gasteiger partial charge in [0, 0.05) is 31.6 Å².